The molecule has 0 spiro atoms. The molecule has 0 saturated carbocycles. The molecule has 27 heavy (non-hydrogen) atoms. The molecule has 6 nitrogen and oxygen atoms in total. The van der Waals surface area contributed by atoms with Gasteiger partial charge in [-0.1, -0.05) is 48.5 Å². The predicted molar refractivity (Wildman–Crippen MR) is 104 cm³/mol. The fourth-order valence-electron chi connectivity index (χ4n) is 2.91. The van der Waals surface area contributed by atoms with E-state index in [4.69, 9.17) is 0 Å². The maximum absolute atomic E-state index is 12.2. The summed E-state index contributed by atoms with van der Waals surface area (Å²) in [5, 5.41) is 9.18. The first kappa shape index (κ1) is 16.7. The van der Waals surface area contributed by atoms with E-state index >= 15 is 0 Å². The average molecular weight is 356 g/mol. The van der Waals surface area contributed by atoms with Gasteiger partial charge < -0.3 is 5.32 Å². The SMILES string of the molecule is O=C(Cn1nc(-c2cccc3ccccc23)ccc1=O)Nc1ccccn1. The standard InChI is InChI=1S/C21H16N4O2/c26-20(23-19-10-3-4-13-22-19)14-25-21(27)12-11-18(24-25)17-9-5-7-15-6-1-2-8-16(15)17/h1-13H,14H2,(H,22,23,26). The second-order valence-corrected chi connectivity index (χ2v) is 6.00. The highest BCUT2D eigenvalue weighted by Gasteiger charge is 2.10. The molecule has 1 amide bonds. The van der Waals surface area contributed by atoms with Crippen molar-refractivity contribution in [3.05, 3.63) is 89.3 Å². The molecule has 0 aliphatic heterocycles. The first-order valence-electron chi connectivity index (χ1n) is 8.48. The van der Waals surface area contributed by atoms with Crippen LogP contribution >= 0.6 is 0 Å². The van der Waals surface area contributed by atoms with Crippen LogP contribution in [0.4, 0.5) is 5.82 Å². The predicted octanol–water partition coefficient (Wildman–Crippen LogP) is 3.10. The van der Waals surface area contributed by atoms with Gasteiger partial charge >= 0.3 is 0 Å². The molecule has 0 atom stereocenters. The lowest BCUT2D eigenvalue weighted by Gasteiger charge is -2.09. The van der Waals surface area contributed by atoms with E-state index in [1.807, 2.05) is 42.5 Å². The lowest BCUT2D eigenvalue weighted by Crippen LogP contribution is -2.29. The summed E-state index contributed by atoms with van der Waals surface area (Å²) in [7, 11) is 0. The summed E-state index contributed by atoms with van der Waals surface area (Å²) >= 11 is 0. The number of anilines is 1. The molecule has 0 aliphatic carbocycles. The Bertz CT molecular complexity index is 1160. The van der Waals surface area contributed by atoms with Crippen molar-refractivity contribution < 1.29 is 4.79 Å². The molecule has 0 aliphatic rings. The van der Waals surface area contributed by atoms with Crippen LogP contribution in [-0.2, 0) is 11.3 Å². The first-order valence-corrected chi connectivity index (χ1v) is 8.48. The van der Waals surface area contributed by atoms with Crippen molar-refractivity contribution in [3.8, 4) is 11.3 Å². The molecule has 0 radical (unpaired) electrons. The van der Waals surface area contributed by atoms with Crippen LogP contribution in [0.25, 0.3) is 22.0 Å². The third kappa shape index (κ3) is 3.59. The van der Waals surface area contributed by atoms with Crippen LogP contribution in [0, 0.1) is 0 Å². The van der Waals surface area contributed by atoms with Crippen molar-refractivity contribution in [1.29, 1.82) is 0 Å². The van der Waals surface area contributed by atoms with Crippen molar-refractivity contribution >= 4 is 22.5 Å². The molecule has 2 aromatic heterocycles. The third-order valence-electron chi connectivity index (χ3n) is 4.16. The second-order valence-electron chi connectivity index (χ2n) is 6.00. The van der Waals surface area contributed by atoms with Crippen LogP contribution in [-0.4, -0.2) is 20.7 Å². The van der Waals surface area contributed by atoms with Crippen molar-refractivity contribution in [2.45, 2.75) is 6.54 Å². The number of fused-ring (bicyclic) bond motifs is 1. The van der Waals surface area contributed by atoms with E-state index in [9.17, 15) is 9.59 Å². The summed E-state index contributed by atoms with van der Waals surface area (Å²) in [6.07, 6.45) is 1.58. The zero-order chi connectivity index (χ0) is 18.6. The summed E-state index contributed by atoms with van der Waals surface area (Å²) in [6, 6.07) is 22.2. The van der Waals surface area contributed by atoms with Gasteiger partial charge in [-0.05, 0) is 29.0 Å². The Hall–Kier alpha value is -3.80. The van der Waals surface area contributed by atoms with Gasteiger partial charge in [0.15, 0.2) is 0 Å². The third-order valence-corrected chi connectivity index (χ3v) is 4.16. The molecule has 1 N–H and O–H groups in total. The van der Waals surface area contributed by atoms with Crippen molar-refractivity contribution in [2.75, 3.05) is 5.32 Å². The summed E-state index contributed by atoms with van der Waals surface area (Å²) in [6.45, 7) is -0.186. The van der Waals surface area contributed by atoms with Gasteiger partial charge in [0.25, 0.3) is 5.56 Å². The molecule has 0 unspecified atom stereocenters. The number of pyridine rings is 1. The zero-order valence-electron chi connectivity index (χ0n) is 14.4. The Balaban J connectivity index is 1.65. The summed E-state index contributed by atoms with van der Waals surface area (Å²) < 4.78 is 1.16. The van der Waals surface area contributed by atoms with E-state index in [1.54, 1.807) is 30.5 Å². The van der Waals surface area contributed by atoms with Crippen LogP contribution in [0.3, 0.4) is 0 Å². The highest BCUT2D eigenvalue weighted by atomic mass is 16.2. The van der Waals surface area contributed by atoms with E-state index in [1.165, 1.54) is 6.07 Å². The van der Waals surface area contributed by atoms with Crippen molar-refractivity contribution in [2.24, 2.45) is 0 Å². The maximum atomic E-state index is 12.2. The minimum absolute atomic E-state index is 0.186. The largest absolute Gasteiger partial charge is 0.309 e. The van der Waals surface area contributed by atoms with Gasteiger partial charge in [-0.25, -0.2) is 9.67 Å². The number of rotatable bonds is 4. The Labute approximate surface area is 155 Å². The number of nitrogens with zero attached hydrogens (tertiary/aromatic N) is 3. The minimum atomic E-state index is -0.363. The quantitative estimate of drug-likeness (QED) is 0.610. The Morgan fingerprint density at radius 1 is 0.926 bits per heavy atom. The highest BCUT2D eigenvalue weighted by Crippen LogP contribution is 2.26. The minimum Gasteiger partial charge on any atom is -0.309 e. The molecule has 2 aromatic carbocycles. The molecular formula is C21H16N4O2. The van der Waals surface area contributed by atoms with Crippen LogP contribution < -0.4 is 10.9 Å². The van der Waals surface area contributed by atoms with E-state index in [0.29, 0.717) is 11.5 Å². The molecule has 4 rings (SSSR count). The molecule has 0 saturated heterocycles. The van der Waals surface area contributed by atoms with Gasteiger partial charge in [0.1, 0.15) is 12.4 Å². The normalized spacial score (nSPS) is 10.7. The van der Waals surface area contributed by atoms with Gasteiger partial charge in [-0.15, -0.1) is 0 Å². The average Bonchev–Trinajstić information content (AvgIpc) is 2.70. The topological polar surface area (TPSA) is 76.9 Å². The zero-order valence-corrected chi connectivity index (χ0v) is 14.4. The van der Waals surface area contributed by atoms with Crippen LogP contribution in [0.15, 0.2) is 83.8 Å². The molecule has 0 fully saturated rings. The molecule has 4 aromatic rings. The van der Waals surface area contributed by atoms with Crippen LogP contribution in [0.5, 0.6) is 0 Å². The molecule has 0 bridgehead atoms. The van der Waals surface area contributed by atoms with E-state index < -0.39 is 0 Å². The molecular weight excluding hydrogens is 340 g/mol. The van der Waals surface area contributed by atoms with E-state index in [0.717, 1.165) is 21.0 Å². The molecule has 132 valence electrons. The fourth-order valence-corrected chi connectivity index (χ4v) is 2.91. The van der Waals surface area contributed by atoms with Gasteiger partial charge in [0.2, 0.25) is 5.91 Å². The molecule has 2 heterocycles. The lowest BCUT2D eigenvalue weighted by atomic mass is 10.0. The number of nitrogens with one attached hydrogen (secondary N) is 1. The number of benzene rings is 2. The smallest absolute Gasteiger partial charge is 0.267 e. The highest BCUT2D eigenvalue weighted by molar-refractivity contribution is 5.95. The summed E-state index contributed by atoms with van der Waals surface area (Å²) in [4.78, 5) is 28.4. The van der Waals surface area contributed by atoms with E-state index in [2.05, 4.69) is 15.4 Å². The van der Waals surface area contributed by atoms with Crippen molar-refractivity contribution in [3.63, 3.8) is 0 Å². The summed E-state index contributed by atoms with van der Waals surface area (Å²) in [5.41, 5.74) is 1.21. The lowest BCUT2D eigenvalue weighted by molar-refractivity contribution is -0.117. The van der Waals surface area contributed by atoms with E-state index in [-0.39, 0.29) is 18.0 Å². The Morgan fingerprint density at radius 3 is 2.59 bits per heavy atom. The number of hydrogen-bond acceptors (Lipinski definition) is 4. The maximum Gasteiger partial charge on any atom is 0.267 e. The van der Waals surface area contributed by atoms with Gasteiger partial charge in [0, 0.05) is 17.8 Å². The fraction of sp³-hybridized carbons (Fsp3) is 0.0476. The Kier molecular flexibility index (Phi) is 4.45. The number of hydrogen-bond donors (Lipinski definition) is 1. The first-order chi connectivity index (χ1) is 13.2. The second kappa shape index (κ2) is 7.21. The Morgan fingerprint density at radius 2 is 1.74 bits per heavy atom. The molecule has 6 heteroatoms. The summed E-state index contributed by atoms with van der Waals surface area (Å²) in [5.74, 6) is 0.0686. The van der Waals surface area contributed by atoms with Crippen molar-refractivity contribution in [1.82, 2.24) is 14.8 Å². The van der Waals surface area contributed by atoms with Crippen LogP contribution in [0.2, 0.25) is 0 Å². The number of aromatic nitrogens is 3. The number of carbonyl (C=O) groups excluding carboxylic acids is 1. The van der Waals surface area contributed by atoms with Gasteiger partial charge in [0.05, 0.1) is 5.69 Å². The number of amides is 1. The number of carbonyl (C=O) groups is 1. The van der Waals surface area contributed by atoms with Gasteiger partial charge in [-0.3, -0.25) is 9.59 Å². The van der Waals surface area contributed by atoms with Crippen LogP contribution in [0.1, 0.15) is 0 Å². The van der Waals surface area contributed by atoms with Gasteiger partial charge in [-0.2, -0.15) is 5.10 Å². The monoisotopic (exact) mass is 356 g/mol.